The smallest absolute Gasteiger partial charge is 0.326 e. The van der Waals surface area contributed by atoms with Crippen LogP contribution in [0, 0.1) is 5.92 Å². The fourth-order valence-corrected chi connectivity index (χ4v) is 3.96. The summed E-state index contributed by atoms with van der Waals surface area (Å²) in [7, 11) is 1.53. The Morgan fingerprint density at radius 2 is 1.85 bits per heavy atom. The molecule has 1 saturated heterocycles. The molecule has 3 rings (SSSR count). The van der Waals surface area contributed by atoms with E-state index >= 15 is 0 Å². The Bertz CT molecular complexity index is 1070. The van der Waals surface area contributed by atoms with Crippen LogP contribution in [0.1, 0.15) is 25.0 Å². The Labute approximate surface area is 205 Å². The average molecular weight is 534 g/mol. The van der Waals surface area contributed by atoms with E-state index in [0.717, 1.165) is 26.7 Å². The van der Waals surface area contributed by atoms with Crippen LogP contribution in [0.25, 0.3) is 6.08 Å². The number of hydrogen-bond acceptors (Lipinski definition) is 7. The number of thioether (sulfide) groups is 1. The van der Waals surface area contributed by atoms with Crippen molar-refractivity contribution in [2.24, 2.45) is 5.92 Å². The normalized spacial score (nSPS) is 14.8. The van der Waals surface area contributed by atoms with Crippen molar-refractivity contribution < 1.29 is 28.6 Å². The van der Waals surface area contributed by atoms with Gasteiger partial charge in [-0.1, -0.05) is 48.0 Å². The largest absolute Gasteiger partial charge is 0.493 e. The highest BCUT2D eigenvalue weighted by atomic mass is 79.9. The number of carbonyl (C=O) groups is 3. The SMILES string of the molecule is COc1cc(/C=C2\SC(=O)N(CC(=O)OCC(C)C)C2=O)ccc1OCc1ccc(Br)cc1. The molecule has 2 amide bonds. The van der Waals surface area contributed by atoms with Crippen LogP contribution in [0.3, 0.4) is 0 Å². The lowest BCUT2D eigenvalue weighted by molar-refractivity contribution is -0.147. The number of imide groups is 1. The molecule has 1 aliphatic rings. The van der Waals surface area contributed by atoms with Crippen molar-refractivity contribution in [2.45, 2.75) is 20.5 Å². The van der Waals surface area contributed by atoms with Crippen LogP contribution >= 0.6 is 27.7 Å². The van der Waals surface area contributed by atoms with Gasteiger partial charge in [-0.25, -0.2) is 0 Å². The molecule has 7 nitrogen and oxygen atoms in total. The van der Waals surface area contributed by atoms with Crippen LogP contribution in [0.2, 0.25) is 0 Å². The van der Waals surface area contributed by atoms with Crippen molar-refractivity contribution in [3.05, 3.63) is 63.0 Å². The molecule has 0 spiro atoms. The third kappa shape index (κ3) is 6.85. The monoisotopic (exact) mass is 533 g/mol. The number of halogens is 1. The third-order valence-electron chi connectivity index (χ3n) is 4.53. The second-order valence-corrected chi connectivity index (χ2v) is 9.58. The lowest BCUT2D eigenvalue weighted by Crippen LogP contribution is -2.34. The van der Waals surface area contributed by atoms with E-state index in [-0.39, 0.29) is 17.4 Å². The van der Waals surface area contributed by atoms with E-state index < -0.39 is 23.7 Å². The maximum absolute atomic E-state index is 12.6. The van der Waals surface area contributed by atoms with Crippen LogP contribution in [0.5, 0.6) is 11.5 Å². The van der Waals surface area contributed by atoms with Crippen LogP contribution in [-0.2, 0) is 20.9 Å². The highest BCUT2D eigenvalue weighted by molar-refractivity contribution is 9.10. The predicted molar refractivity (Wildman–Crippen MR) is 130 cm³/mol. The number of nitrogens with zero attached hydrogens (tertiary/aromatic N) is 1. The summed E-state index contributed by atoms with van der Waals surface area (Å²) in [6.45, 7) is 4.01. The van der Waals surface area contributed by atoms with Crippen molar-refractivity contribution in [1.29, 1.82) is 0 Å². The predicted octanol–water partition coefficient (Wildman–Crippen LogP) is 5.27. The summed E-state index contributed by atoms with van der Waals surface area (Å²) < 4.78 is 17.4. The minimum atomic E-state index is -0.610. The molecule has 174 valence electrons. The standard InChI is InChI=1S/C24H24BrNO6S/c1-15(2)13-32-22(27)12-26-23(28)21(33-24(26)29)11-17-6-9-19(20(10-17)30-3)31-14-16-4-7-18(25)8-5-16/h4-11,15H,12-14H2,1-3H3/b21-11-. The molecule has 1 fully saturated rings. The Hall–Kier alpha value is -2.78. The zero-order valence-electron chi connectivity index (χ0n) is 18.5. The van der Waals surface area contributed by atoms with Crippen LogP contribution in [0.15, 0.2) is 51.8 Å². The Morgan fingerprint density at radius 1 is 1.12 bits per heavy atom. The minimum Gasteiger partial charge on any atom is -0.493 e. The van der Waals surface area contributed by atoms with Gasteiger partial charge in [0.05, 0.1) is 18.6 Å². The van der Waals surface area contributed by atoms with Crippen molar-refractivity contribution in [3.63, 3.8) is 0 Å². The van der Waals surface area contributed by atoms with E-state index in [1.54, 1.807) is 24.3 Å². The first-order chi connectivity index (χ1) is 15.8. The Balaban J connectivity index is 1.68. The van der Waals surface area contributed by atoms with Gasteiger partial charge in [0.15, 0.2) is 11.5 Å². The molecule has 0 radical (unpaired) electrons. The fraction of sp³-hybridized carbons (Fsp3) is 0.292. The van der Waals surface area contributed by atoms with E-state index in [0.29, 0.717) is 23.7 Å². The van der Waals surface area contributed by atoms with Gasteiger partial charge in [-0.15, -0.1) is 0 Å². The number of amides is 2. The summed E-state index contributed by atoms with van der Waals surface area (Å²) in [6.07, 6.45) is 1.59. The molecule has 0 unspecified atom stereocenters. The lowest BCUT2D eigenvalue weighted by Gasteiger charge is -2.13. The molecule has 2 aromatic carbocycles. The fourth-order valence-electron chi connectivity index (χ4n) is 2.86. The number of rotatable bonds is 9. The van der Waals surface area contributed by atoms with E-state index in [4.69, 9.17) is 14.2 Å². The summed E-state index contributed by atoms with van der Waals surface area (Å²) in [5.74, 6) is 0.0821. The summed E-state index contributed by atoms with van der Waals surface area (Å²) in [5, 5.41) is -0.505. The first-order valence-electron chi connectivity index (χ1n) is 10.2. The average Bonchev–Trinajstić information content (AvgIpc) is 3.05. The first-order valence-corrected chi connectivity index (χ1v) is 11.8. The van der Waals surface area contributed by atoms with Gasteiger partial charge in [0.25, 0.3) is 11.1 Å². The second-order valence-electron chi connectivity index (χ2n) is 7.67. The maximum atomic E-state index is 12.6. The van der Waals surface area contributed by atoms with Crippen molar-refractivity contribution in [3.8, 4) is 11.5 Å². The maximum Gasteiger partial charge on any atom is 0.326 e. The summed E-state index contributed by atoms with van der Waals surface area (Å²) in [6, 6.07) is 13.0. The number of hydrogen-bond donors (Lipinski definition) is 0. The van der Waals surface area contributed by atoms with Gasteiger partial charge >= 0.3 is 5.97 Å². The molecule has 0 atom stereocenters. The topological polar surface area (TPSA) is 82.1 Å². The molecule has 0 aromatic heterocycles. The number of methoxy groups -OCH3 is 1. The van der Waals surface area contributed by atoms with Gasteiger partial charge in [0.1, 0.15) is 13.2 Å². The van der Waals surface area contributed by atoms with Gasteiger partial charge in [-0.2, -0.15) is 0 Å². The van der Waals surface area contributed by atoms with Gasteiger partial charge in [-0.05, 0) is 59.1 Å². The quantitative estimate of drug-likeness (QED) is 0.320. The van der Waals surface area contributed by atoms with E-state index in [9.17, 15) is 14.4 Å². The van der Waals surface area contributed by atoms with Gasteiger partial charge in [0.2, 0.25) is 0 Å². The van der Waals surface area contributed by atoms with Crippen LogP contribution in [0.4, 0.5) is 4.79 Å². The van der Waals surface area contributed by atoms with E-state index in [1.807, 2.05) is 38.1 Å². The van der Waals surface area contributed by atoms with Gasteiger partial charge < -0.3 is 14.2 Å². The number of carbonyl (C=O) groups excluding carboxylic acids is 3. The molecule has 1 heterocycles. The zero-order valence-corrected chi connectivity index (χ0v) is 20.9. The molecule has 9 heteroatoms. The van der Waals surface area contributed by atoms with Crippen molar-refractivity contribution >= 4 is 50.9 Å². The molecule has 2 aromatic rings. The van der Waals surface area contributed by atoms with Crippen LogP contribution < -0.4 is 9.47 Å². The summed E-state index contributed by atoms with van der Waals surface area (Å²) in [4.78, 5) is 37.9. The number of benzene rings is 2. The molecule has 0 aliphatic carbocycles. The van der Waals surface area contributed by atoms with E-state index in [2.05, 4.69) is 15.9 Å². The summed E-state index contributed by atoms with van der Waals surface area (Å²) >= 11 is 4.19. The molecule has 1 aliphatic heterocycles. The Kier molecular flexibility index (Phi) is 8.57. The highest BCUT2D eigenvalue weighted by Crippen LogP contribution is 2.34. The van der Waals surface area contributed by atoms with Gasteiger partial charge in [0, 0.05) is 4.47 Å². The Morgan fingerprint density at radius 3 is 2.52 bits per heavy atom. The highest BCUT2D eigenvalue weighted by Gasteiger charge is 2.36. The van der Waals surface area contributed by atoms with Gasteiger partial charge in [-0.3, -0.25) is 19.3 Å². The lowest BCUT2D eigenvalue weighted by atomic mass is 10.1. The first kappa shape index (κ1) is 24.9. The molecule has 0 bridgehead atoms. The van der Waals surface area contributed by atoms with E-state index in [1.165, 1.54) is 7.11 Å². The second kappa shape index (κ2) is 11.4. The van der Waals surface area contributed by atoms with Crippen molar-refractivity contribution in [1.82, 2.24) is 4.90 Å². The number of ether oxygens (including phenoxy) is 3. The molecule has 0 N–H and O–H groups in total. The molecule has 33 heavy (non-hydrogen) atoms. The number of esters is 1. The molecular formula is C24H24BrNO6S. The third-order valence-corrected chi connectivity index (χ3v) is 5.97. The summed E-state index contributed by atoms with van der Waals surface area (Å²) in [5.41, 5.74) is 1.67. The molecule has 0 saturated carbocycles. The minimum absolute atomic E-state index is 0.167. The molecular weight excluding hydrogens is 510 g/mol. The van der Waals surface area contributed by atoms with Crippen LogP contribution in [-0.4, -0.2) is 42.3 Å². The van der Waals surface area contributed by atoms with Crippen molar-refractivity contribution in [2.75, 3.05) is 20.3 Å². The zero-order chi connectivity index (χ0) is 24.0.